The molecule has 0 aromatic heterocycles. The minimum Gasteiger partial charge on any atom is -0.484 e. The SMILES string of the molecule is Cc1cc(OCC(=O)N(Cc2cccc(F)c2)[C@@H]2CCS(=O)(=O)C2)cc(C)c1Cl. The fourth-order valence-corrected chi connectivity index (χ4v) is 5.33. The van der Waals surface area contributed by atoms with Gasteiger partial charge in [-0.3, -0.25) is 4.79 Å². The van der Waals surface area contributed by atoms with E-state index in [1.165, 1.54) is 17.0 Å². The fraction of sp³-hybridized carbons (Fsp3) is 0.381. The zero-order valence-electron chi connectivity index (χ0n) is 16.3. The van der Waals surface area contributed by atoms with Gasteiger partial charge in [0.05, 0.1) is 11.5 Å². The predicted octanol–water partition coefficient (Wildman–Crippen LogP) is 3.69. The van der Waals surface area contributed by atoms with Crippen molar-refractivity contribution in [2.75, 3.05) is 18.1 Å². The van der Waals surface area contributed by atoms with Gasteiger partial charge in [-0.15, -0.1) is 0 Å². The highest BCUT2D eigenvalue weighted by Gasteiger charge is 2.34. The minimum absolute atomic E-state index is 0.0427. The van der Waals surface area contributed by atoms with E-state index >= 15 is 0 Å². The normalized spacial score (nSPS) is 17.9. The summed E-state index contributed by atoms with van der Waals surface area (Å²) in [6.45, 7) is 3.58. The van der Waals surface area contributed by atoms with E-state index in [1.807, 2.05) is 13.8 Å². The number of halogens is 2. The lowest BCUT2D eigenvalue weighted by atomic mass is 10.1. The molecule has 1 atom stereocenters. The minimum atomic E-state index is -3.18. The monoisotopic (exact) mass is 439 g/mol. The third-order valence-corrected chi connectivity index (χ3v) is 7.33. The molecule has 5 nitrogen and oxygen atoms in total. The van der Waals surface area contributed by atoms with Gasteiger partial charge >= 0.3 is 0 Å². The quantitative estimate of drug-likeness (QED) is 0.688. The first-order chi connectivity index (χ1) is 13.6. The number of hydrogen-bond acceptors (Lipinski definition) is 4. The molecule has 1 aliphatic rings. The molecule has 0 radical (unpaired) electrons. The molecule has 8 heteroatoms. The number of sulfone groups is 1. The first-order valence-corrected chi connectivity index (χ1v) is 11.5. The van der Waals surface area contributed by atoms with Gasteiger partial charge in [0.25, 0.3) is 5.91 Å². The molecule has 0 unspecified atom stereocenters. The largest absolute Gasteiger partial charge is 0.484 e. The Morgan fingerprint density at radius 2 is 1.93 bits per heavy atom. The fourth-order valence-electron chi connectivity index (χ4n) is 3.49. The smallest absolute Gasteiger partial charge is 0.261 e. The van der Waals surface area contributed by atoms with Gasteiger partial charge in [-0.1, -0.05) is 23.7 Å². The molecule has 1 amide bonds. The Balaban J connectivity index is 1.77. The standard InChI is InChI=1S/C21H23ClFNO4S/c1-14-8-19(9-15(2)21(14)22)28-12-20(25)24(18-6-7-29(26,27)13-18)11-16-4-3-5-17(23)10-16/h3-5,8-10,18H,6-7,11-13H2,1-2H3/t18-/m1/s1. The second kappa shape index (κ2) is 8.71. The molecule has 29 heavy (non-hydrogen) atoms. The molecular weight excluding hydrogens is 417 g/mol. The zero-order chi connectivity index (χ0) is 21.2. The Hall–Kier alpha value is -2.12. The Kier molecular flexibility index (Phi) is 6.49. The van der Waals surface area contributed by atoms with E-state index in [4.69, 9.17) is 16.3 Å². The Morgan fingerprint density at radius 1 is 1.24 bits per heavy atom. The first kappa shape index (κ1) is 21.6. The van der Waals surface area contributed by atoms with Crippen molar-refractivity contribution in [1.82, 2.24) is 4.90 Å². The van der Waals surface area contributed by atoms with Crippen LogP contribution < -0.4 is 4.74 Å². The summed E-state index contributed by atoms with van der Waals surface area (Å²) in [7, 11) is -3.18. The van der Waals surface area contributed by atoms with Gasteiger partial charge in [0.15, 0.2) is 16.4 Å². The number of carbonyl (C=O) groups is 1. The average molecular weight is 440 g/mol. The number of ether oxygens (including phenoxy) is 1. The Morgan fingerprint density at radius 3 is 2.52 bits per heavy atom. The highest BCUT2D eigenvalue weighted by molar-refractivity contribution is 7.91. The molecule has 1 saturated heterocycles. The number of hydrogen-bond donors (Lipinski definition) is 0. The van der Waals surface area contributed by atoms with Crippen LogP contribution in [-0.4, -0.2) is 43.4 Å². The van der Waals surface area contributed by atoms with Crippen molar-refractivity contribution >= 4 is 27.3 Å². The molecule has 2 aromatic carbocycles. The first-order valence-electron chi connectivity index (χ1n) is 9.28. The van der Waals surface area contributed by atoms with E-state index in [1.54, 1.807) is 24.3 Å². The third kappa shape index (κ3) is 5.48. The zero-order valence-corrected chi connectivity index (χ0v) is 17.9. The van der Waals surface area contributed by atoms with Gasteiger partial charge in [0.2, 0.25) is 0 Å². The molecule has 3 rings (SSSR count). The lowest BCUT2D eigenvalue weighted by molar-refractivity contribution is -0.136. The van der Waals surface area contributed by atoms with Crippen LogP contribution in [0.2, 0.25) is 5.02 Å². The van der Waals surface area contributed by atoms with Crippen LogP contribution in [0.1, 0.15) is 23.1 Å². The number of aryl methyl sites for hydroxylation is 2. The van der Waals surface area contributed by atoms with E-state index in [0.717, 1.165) is 11.1 Å². The molecule has 0 bridgehead atoms. The highest BCUT2D eigenvalue weighted by Crippen LogP contribution is 2.26. The van der Waals surface area contributed by atoms with Crippen molar-refractivity contribution in [3.63, 3.8) is 0 Å². The van der Waals surface area contributed by atoms with Gasteiger partial charge in [-0.05, 0) is 61.2 Å². The lowest BCUT2D eigenvalue weighted by Crippen LogP contribution is -2.43. The molecule has 1 aliphatic heterocycles. The van der Waals surface area contributed by atoms with Crippen LogP contribution in [0.5, 0.6) is 5.75 Å². The van der Waals surface area contributed by atoms with Crippen molar-refractivity contribution < 1.29 is 22.3 Å². The molecule has 0 spiro atoms. The number of benzene rings is 2. The Bertz CT molecular complexity index is 1000. The molecule has 0 aliphatic carbocycles. The van der Waals surface area contributed by atoms with Crippen LogP contribution in [0.3, 0.4) is 0 Å². The van der Waals surface area contributed by atoms with Crippen molar-refractivity contribution in [2.45, 2.75) is 32.9 Å². The van der Waals surface area contributed by atoms with Crippen LogP contribution in [0.15, 0.2) is 36.4 Å². The topological polar surface area (TPSA) is 63.7 Å². The van der Waals surface area contributed by atoms with E-state index in [9.17, 15) is 17.6 Å². The number of amides is 1. The van der Waals surface area contributed by atoms with Crippen molar-refractivity contribution in [3.8, 4) is 5.75 Å². The molecule has 1 fully saturated rings. The molecule has 0 N–H and O–H groups in total. The van der Waals surface area contributed by atoms with E-state index in [-0.39, 0.29) is 30.6 Å². The van der Waals surface area contributed by atoms with Gasteiger partial charge in [-0.2, -0.15) is 0 Å². The maximum Gasteiger partial charge on any atom is 0.261 e. The van der Waals surface area contributed by atoms with Gasteiger partial charge < -0.3 is 9.64 Å². The van der Waals surface area contributed by atoms with Crippen LogP contribution in [0, 0.1) is 19.7 Å². The molecule has 2 aromatic rings. The summed E-state index contributed by atoms with van der Waals surface area (Å²) in [5.74, 6) is -0.282. The summed E-state index contributed by atoms with van der Waals surface area (Å²) in [6.07, 6.45) is 0.364. The summed E-state index contributed by atoms with van der Waals surface area (Å²) >= 11 is 6.16. The summed E-state index contributed by atoms with van der Waals surface area (Å²) < 4.78 is 43.1. The Labute approximate surface area is 175 Å². The molecular formula is C21H23ClFNO4S. The number of nitrogens with zero attached hydrogens (tertiary/aromatic N) is 1. The van der Waals surface area contributed by atoms with Crippen LogP contribution >= 0.6 is 11.6 Å². The van der Waals surface area contributed by atoms with Crippen molar-refractivity contribution in [3.05, 3.63) is 63.9 Å². The van der Waals surface area contributed by atoms with Crippen molar-refractivity contribution in [2.24, 2.45) is 0 Å². The number of carbonyl (C=O) groups excluding carboxylic acids is 1. The van der Waals surface area contributed by atoms with Crippen molar-refractivity contribution in [1.29, 1.82) is 0 Å². The molecule has 156 valence electrons. The van der Waals surface area contributed by atoms with Crippen LogP contribution in [-0.2, 0) is 21.2 Å². The second-order valence-electron chi connectivity index (χ2n) is 7.37. The van der Waals surface area contributed by atoms with E-state index in [0.29, 0.717) is 22.8 Å². The molecule has 1 heterocycles. The average Bonchev–Trinajstić information content (AvgIpc) is 3.01. The van der Waals surface area contributed by atoms with Crippen LogP contribution in [0.4, 0.5) is 4.39 Å². The number of rotatable bonds is 6. The maximum atomic E-state index is 13.6. The van der Waals surface area contributed by atoms with E-state index in [2.05, 4.69) is 0 Å². The predicted molar refractivity (Wildman–Crippen MR) is 110 cm³/mol. The van der Waals surface area contributed by atoms with Gasteiger partial charge in [0, 0.05) is 17.6 Å². The van der Waals surface area contributed by atoms with E-state index < -0.39 is 21.7 Å². The third-order valence-electron chi connectivity index (χ3n) is 4.98. The van der Waals surface area contributed by atoms with Crippen LogP contribution in [0.25, 0.3) is 0 Å². The molecule has 0 saturated carbocycles. The van der Waals surface area contributed by atoms with Gasteiger partial charge in [0.1, 0.15) is 11.6 Å². The van der Waals surface area contributed by atoms with Gasteiger partial charge in [-0.25, -0.2) is 12.8 Å². The second-order valence-corrected chi connectivity index (χ2v) is 9.97. The summed E-state index contributed by atoms with van der Waals surface area (Å²) in [4.78, 5) is 14.4. The summed E-state index contributed by atoms with van der Waals surface area (Å²) in [5, 5.41) is 0.646. The maximum absolute atomic E-state index is 13.6. The summed E-state index contributed by atoms with van der Waals surface area (Å²) in [6, 6.07) is 8.99. The lowest BCUT2D eigenvalue weighted by Gasteiger charge is -2.28. The summed E-state index contributed by atoms with van der Waals surface area (Å²) in [5.41, 5.74) is 2.28. The highest BCUT2D eigenvalue weighted by atomic mass is 35.5.